The van der Waals surface area contributed by atoms with E-state index < -0.39 is 0 Å². The van der Waals surface area contributed by atoms with Crippen molar-refractivity contribution in [3.05, 3.63) is 28.2 Å². The second-order valence-corrected chi connectivity index (χ2v) is 6.94. The smallest absolute Gasteiger partial charge is 0.133 e. The fraction of sp³-hybridized carbons (Fsp3) is 0.538. The average Bonchev–Trinajstić information content (AvgIpc) is 2.86. The molecule has 0 amide bonds. The van der Waals surface area contributed by atoms with Gasteiger partial charge in [0.05, 0.1) is 11.6 Å². The lowest BCUT2D eigenvalue weighted by Crippen LogP contribution is -1.99. The molecule has 2 rings (SSSR count). The molecule has 1 saturated carbocycles. The van der Waals surface area contributed by atoms with Crippen molar-refractivity contribution in [2.45, 2.75) is 25.1 Å². The fourth-order valence-electron chi connectivity index (χ4n) is 2.09. The zero-order chi connectivity index (χ0) is 11.9. The lowest BCUT2D eigenvalue weighted by molar-refractivity contribution is 0.412. The summed E-state index contributed by atoms with van der Waals surface area (Å²) in [6.07, 6.45) is 1.30. The summed E-state index contributed by atoms with van der Waals surface area (Å²) in [6.45, 7) is 4.65. The van der Waals surface area contributed by atoms with Crippen LogP contribution in [-0.2, 0) is 0 Å². The van der Waals surface area contributed by atoms with E-state index in [9.17, 15) is 0 Å². The summed E-state index contributed by atoms with van der Waals surface area (Å²) in [7, 11) is 1.69. The van der Waals surface area contributed by atoms with Gasteiger partial charge in [0.1, 0.15) is 5.75 Å². The number of rotatable bonds is 3. The Hall–Kier alpha value is -0.0200. The van der Waals surface area contributed by atoms with Crippen molar-refractivity contribution in [2.24, 2.45) is 11.3 Å². The van der Waals surface area contributed by atoms with Gasteiger partial charge in [-0.15, -0.1) is 0 Å². The number of hydrogen-bond acceptors (Lipinski definition) is 1. The minimum absolute atomic E-state index is 0.449. The predicted molar refractivity (Wildman–Crippen MR) is 74.3 cm³/mol. The Balaban J connectivity index is 2.19. The van der Waals surface area contributed by atoms with Crippen LogP contribution in [-0.4, -0.2) is 7.11 Å². The minimum atomic E-state index is 0.449. The third-order valence-electron chi connectivity index (χ3n) is 3.44. The largest absolute Gasteiger partial charge is 0.496 e. The molecule has 0 spiro atoms. The third kappa shape index (κ3) is 2.30. The van der Waals surface area contributed by atoms with Crippen molar-refractivity contribution in [3.63, 3.8) is 0 Å². The van der Waals surface area contributed by atoms with Gasteiger partial charge in [0.25, 0.3) is 0 Å². The Bertz CT molecular complexity index is 401. The fourth-order valence-corrected chi connectivity index (χ4v) is 3.84. The van der Waals surface area contributed by atoms with E-state index in [1.165, 1.54) is 12.0 Å². The molecule has 1 aliphatic carbocycles. The monoisotopic (exact) mass is 346 g/mol. The van der Waals surface area contributed by atoms with E-state index in [0.717, 1.165) is 16.1 Å². The minimum Gasteiger partial charge on any atom is -0.496 e. The molecule has 0 aliphatic heterocycles. The van der Waals surface area contributed by atoms with Crippen molar-refractivity contribution in [1.29, 1.82) is 0 Å². The molecule has 1 fully saturated rings. The van der Waals surface area contributed by atoms with Crippen LogP contribution in [0.1, 0.15) is 30.7 Å². The number of ether oxygens (including phenoxy) is 1. The van der Waals surface area contributed by atoms with Crippen molar-refractivity contribution in [2.75, 3.05) is 7.11 Å². The van der Waals surface area contributed by atoms with Gasteiger partial charge in [-0.25, -0.2) is 0 Å². The van der Waals surface area contributed by atoms with Gasteiger partial charge in [0, 0.05) is 4.83 Å². The van der Waals surface area contributed by atoms with Crippen molar-refractivity contribution < 1.29 is 4.74 Å². The summed E-state index contributed by atoms with van der Waals surface area (Å²) in [4.78, 5) is 0.449. The SMILES string of the molecule is COc1ccc(C(Br)C2CC2(C)C)cc1Br. The van der Waals surface area contributed by atoms with Gasteiger partial charge in [-0.2, -0.15) is 0 Å². The first-order valence-corrected chi connectivity index (χ1v) is 7.14. The molecule has 16 heavy (non-hydrogen) atoms. The standard InChI is InChI=1S/C13H16Br2O/c1-13(2)7-9(13)12(15)8-4-5-11(16-3)10(14)6-8/h4-6,9,12H,7H2,1-3H3. The molecule has 0 radical (unpaired) electrons. The molecular weight excluding hydrogens is 332 g/mol. The molecule has 1 aromatic rings. The van der Waals surface area contributed by atoms with Gasteiger partial charge < -0.3 is 4.74 Å². The second kappa shape index (κ2) is 4.34. The highest BCUT2D eigenvalue weighted by molar-refractivity contribution is 9.10. The van der Waals surface area contributed by atoms with Gasteiger partial charge in [0.15, 0.2) is 0 Å². The number of hydrogen-bond donors (Lipinski definition) is 0. The Morgan fingerprint density at radius 2 is 2.06 bits per heavy atom. The summed E-state index contributed by atoms with van der Waals surface area (Å²) in [6, 6.07) is 6.30. The van der Waals surface area contributed by atoms with E-state index in [2.05, 4.69) is 57.8 Å². The highest BCUT2D eigenvalue weighted by Crippen LogP contribution is 2.60. The topological polar surface area (TPSA) is 9.23 Å². The molecule has 0 N–H and O–H groups in total. The third-order valence-corrected chi connectivity index (χ3v) is 5.22. The van der Waals surface area contributed by atoms with Crippen molar-refractivity contribution in [3.8, 4) is 5.75 Å². The molecule has 0 heterocycles. The van der Waals surface area contributed by atoms with Crippen LogP contribution in [0.4, 0.5) is 0 Å². The predicted octanol–water partition coefficient (Wildman–Crippen LogP) is 4.94. The molecule has 1 aliphatic rings. The molecule has 1 nitrogen and oxygen atoms in total. The molecule has 1 aromatic carbocycles. The van der Waals surface area contributed by atoms with E-state index in [4.69, 9.17) is 4.74 Å². The first-order chi connectivity index (χ1) is 7.45. The zero-order valence-electron chi connectivity index (χ0n) is 9.76. The second-order valence-electron chi connectivity index (χ2n) is 5.09. The molecule has 0 bridgehead atoms. The Morgan fingerprint density at radius 1 is 1.44 bits per heavy atom. The lowest BCUT2D eigenvalue weighted by atomic mass is 10.0. The lowest BCUT2D eigenvalue weighted by Gasteiger charge is -2.13. The molecule has 88 valence electrons. The summed E-state index contributed by atoms with van der Waals surface area (Å²) in [5, 5.41) is 0. The molecule has 0 saturated heterocycles. The first-order valence-electron chi connectivity index (χ1n) is 5.43. The number of benzene rings is 1. The van der Waals surface area contributed by atoms with Crippen LogP contribution < -0.4 is 4.74 Å². The van der Waals surface area contributed by atoms with Crippen LogP contribution in [0.2, 0.25) is 0 Å². The van der Waals surface area contributed by atoms with Crippen LogP contribution >= 0.6 is 31.9 Å². The summed E-state index contributed by atoms with van der Waals surface area (Å²) < 4.78 is 6.26. The van der Waals surface area contributed by atoms with Crippen molar-refractivity contribution in [1.82, 2.24) is 0 Å². The number of methoxy groups -OCH3 is 1. The van der Waals surface area contributed by atoms with Crippen molar-refractivity contribution >= 4 is 31.9 Å². The van der Waals surface area contributed by atoms with Gasteiger partial charge in [-0.05, 0) is 51.4 Å². The van der Waals surface area contributed by atoms with E-state index in [-0.39, 0.29) is 0 Å². The Labute approximate surface area is 114 Å². The summed E-state index contributed by atoms with van der Waals surface area (Å²) in [5.74, 6) is 1.63. The molecule has 2 atom stereocenters. The highest BCUT2D eigenvalue weighted by Gasteiger charge is 2.49. The highest BCUT2D eigenvalue weighted by atomic mass is 79.9. The Morgan fingerprint density at radius 3 is 2.50 bits per heavy atom. The molecule has 2 unspecified atom stereocenters. The van der Waals surface area contributed by atoms with Crippen LogP contribution in [0.3, 0.4) is 0 Å². The maximum atomic E-state index is 5.23. The van der Waals surface area contributed by atoms with E-state index in [0.29, 0.717) is 10.2 Å². The summed E-state index contributed by atoms with van der Waals surface area (Å²) >= 11 is 7.34. The van der Waals surface area contributed by atoms with Gasteiger partial charge in [0.2, 0.25) is 0 Å². The zero-order valence-corrected chi connectivity index (χ0v) is 12.9. The summed E-state index contributed by atoms with van der Waals surface area (Å²) in [5.41, 5.74) is 1.81. The number of alkyl halides is 1. The van der Waals surface area contributed by atoms with Crippen LogP contribution in [0.25, 0.3) is 0 Å². The van der Waals surface area contributed by atoms with Crippen LogP contribution in [0.15, 0.2) is 22.7 Å². The molecular formula is C13H16Br2O. The first kappa shape index (κ1) is 12.4. The van der Waals surface area contributed by atoms with Crippen LogP contribution in [0.5, 0.6) is 5.75 Å². The van der Waals surface area contributed by atoms with E-state index in [1.807, 2.05) is 6.07 Å². The quantitative estimate of drug-likeness (QED) is 0.703. The Kier molecular flexibility index (Phi) is 3.37. The van der Waals surface area contributed by atoms with Gasteiger partial charge >= 0.3 is 0 Å². The van der Waals surface area contributed by atoms with Crippen LogP contribution in [0, 0.1) is 11.3 Å². The maximum Gasteiger partial charge on any atom is 0.133 e. The van der Waals surface area contributed by atoms with Gasteiger partial charge in [-0.3, -0.25) is 0 Å². The van der Waals surface area contributed by atoms with E-state index in [1.54, 1.807) is 7.11 Å². The average molecular weight is 348 g/mol. The van der Waals surface area contributed by atoms with E-state index >= 15 is 0 Å². The normalized spacial score (nSPS) is 23.9. The number of halogens is 2. The maximum absolute atomic E-state index is 5.23. The van der Waals surface area contributed by atoms with Gasteiger partial charge in [-0.1, -0.05) is 35.8 Å². The molecule has 0 aromatic heterocycles. The molecule has 3 heteroatoms.